The lowest BCUT2D eigenvalue weighted by molar-refractivity contribution is 0.102. The van der Waals surface area contributed by atoms with Crippen LogP contribution in [0.2, 0.25) is 5.02 Å². The minimum absolute atomic E-state index is 0.0523. The Bertz CT molecular complexity index is 1480. The SMILES string of the molecule is CS(=O)(=O)N(Cc1ccccc1Cl)c1ccc(C(=O)Nc2ccc(S(=O)(=O)N3CCCCCC3)cc2)cc1. The van der Waals surface area contributed by atoms with Crippen LogP contribution < -0.4 is 9.62 Å². The number of carbonyl (C=O) groups is 1. The Hall–Kier alpha value is -2.92. The average molecular weight is 576 g/mol. The molecule has 3 aromatic rings. The molecule has 3 aromatic carbocycles. The van der Waals surface area contributed by atoms with Crippen molar-refractivity contribution in [2.24, 2.45) is 0 Å². The number of halogens is 1. The van der Waals surface area contributed by atoms with Crippen molar-refractivity contribution in [3.05, 3.63) is 88.9 Å². The first-order valence-corrected chi connectivity index (χ1v) is 15.9. The average Bonchev–Trinajstić information content (AvgIpc) is 3.18. The molecule has 0 unspecified atom stereocenters. The van der Waals surface area contributed by atoms with Crippen LogP contribution in [-0.2, 0) is 26.6 Å². The van der Waals surface area contributed by atoms with E-state index >= 15 is 0 Å². The van der Waals surface area contributed by atoms with Crippen molar-refractivity contribution in [3.8, 4) is 0 Å². The molecule has 1 saturated heterocycles. The topological polar surface area (TPSA) is 104 Å². The van der Waals surface area contributed by atoms with Crippen molar-refractivity contribution in [2.45, 2.75) is 37.1 Å². The molecule has 1 amide bonds. The van der Waals surface area contributed by atoms with Gasteiger partial charge in [0.1, 0.15) is 0 Å². The summed E-state index contributed by atoms with van der Waals surface area (Å²) in [7, 11) is -7.19. The molecule has 0 aliphatic carbocycles. The fourth-order valence-corrected chi connectivity index (χ4v) is 6.90. The summed E-state index contributed by atoms with van der Waals surface area (Å²) >= 11 is 6.22. The molecule has 1 N–H and O–H groups in total. The Morgan fingerprint density at radius 3 is 2.05 bits per heavy atom. The van der Waals surface area contributed by atoms with E-state index in [9.17, 15) is 21.6 Å². The molecule has 0 bridgehead atoms. The third kappa shape index (κ3) is 6.74. The highest BCUT2D eigenvalue weighted by Gasteiger charge is 2.25. The minimum atomic E-state index is -3.62. The van der Waals surface area contributed by atoms with Gasteiger partial charge in [-0.1, -0.05) is 42.6 Å². The van der Waals surface area contributed by atoms with Crippen LogP contribution in [0.5, 0.6) is 0 Å². The molecule has 38 heavy (non-hydrogen) atoms. The van der Waals surface area contributed by atoms with Gasteiger partial charge in [-0.3, -0.25) is 9.10 Å². The number of amides is 1. The summed E-state index contributed by atoms with van der Waals surface area (Å²) in [6.45, 7) is 1.09. The van der Waals surface area contributed by atoms with Crippen LogP contribution in [0.1, 0.15) is 41.6 Å². The molecular weight excluding hydrogens is 546 g/mol. The lowest BCUT2D eigenvalue weighted by atomic mass is 10.1. The van der Waals surface area contributed by atoms with Gasteiger partial charge in [0.2, 0.25) is 20.0 Å². The Balaban J connectivity index is 1.45. The zero-order valence-corrected chi connectivity index (χ0v) is 23.4. The van der Waals surface area contributed by atoms with Gasteiger partial charge >= 0.3 is 0 Å². The highest BCUT2D eigenvalue weighted by atomic mass is 35.5. The van der Waals surface area contributed by atoms with E-state index in [0.29, 0.717) is 40.6 Å². The van der Waals surface area contributed by atoms with Crippen LogP contribution in [0.25, 0.3) is 0 Å². The van der Waals surface area contributed by atoms with Crippen LogP contribution in [0.3, 0.4) is 0 Å². The number of carbonyl (C=O) groups excluding carboxylic acids is 1. The number of rotatable bonds is 8. The third-order valence-corrected chi connectivity index (χ3v) is 9.83. The predicted octanol–water partition coefficient (Wildman–Crippen LogP) is 5.12. The van der Waals surface area contributed by atoms with Gasteiger partial charge in [-0.2, -0.15) is 4.31 Å². The molecule has 4 rings (SSSR count). The largest absolute Gasteiger partial charge is 0.322 e. The van der Waals surface area contributed by atoms with Gasteiger partial charge in [-0.15, -0.1) is 0 Å². The number of hydrogen-bond acceptors (Lipinski definition) is 5. The summed E-state index contributed by atoms with van der Waals surface area (Å²) in [4.78, 5) is 13.0. The van der Waals surface area contributed by atoms with Crippen LogP contribution in [0.4, 0.5) is 11.4 Å². The molecule has 1 heterocycles. The van der Waals surface area contributed by atoms with Crippen LogP contribution in [0.15, 0.2) is 77.7 Å². The number of anilines is 2. The van der Waals surface area contributed by atoms with E-state index in [1.54, 1.807) is 48.5 Å². The Morgan fingerprint density at radius 1 is 0.868 bits per heavy atom. The molecule has 0 atom stereocenters. The van der Waals surface area contributed by atoms with Crippen molar-refractivity contribution in [2.75, 3.05) is 29.0 Å². The first kappa shape index (κ1) is 28.1. The van der Waals surface area contributed by atoms with Crippen molar-refractivity contribution >= 4 is 48.9 Å². The monoisotopic (exact) mass is 575 g/mol. The summed E-state index contributed by atoms with van der Waals surface area (Å²) in [5.74, 6) is -0.406. The standard InChI is InChI=1S/C27H30ClN3O5S2/c1-37(33,34)31(20-22-8-4-5-9-26(22)28)24-14-10-21(11-15-24)27(32)29-23-12-16-25(17-13-23)38(35,36)30-18-6-2-3-7-19-30/h4-5,8-17H,2-3,6-7,18-20H2,1H3,(H,29,32). The summed E-state index contributed by atoms with van der Waals surface area (Å²) < 4.78 is 53.7. The van der Waals surface area contributed by atoms with Crippen molar-refractivity contribution in [3.63, 3.8) is 0 Å². The molecule has 11 heteroatoms. The molecule has 1 aliphatic heterocycles. The summed E-state index contributed by atoms with van der Waals surface area (Å²) in [6.07, 6.45) is 4.89. The summed E-state index contributed by atoms with van der Waals surface area (Å²) in [5.41, 5.74) is 1.82. The molecule has 0 radical (unpaired) electrons. The highest BCUT2D eigenvalue weighted by Crippen LogP contribution is 2.25. The molecular formula is C27H30ClN3O5S2. The van der Waals surface area contributed by atoms with Gasteiger partial charge in [0, 0.05) is 29.4 Å². The maximum atomic E-state index is 13.0. The molecule has 0 spiro atoms. The Morgan fingerprint density at radius 2 is 1.47 bits per heavy atom. The molecule has 1 aliphatic rings. The van der Waals surface area contributed by atoms with Crippen molar-refractivity contribution in [1.82, 2.24) is 4.31 Å². The second-order valence-electron chi connectivity index (χ2n) is 9.20. The quantitative estimate of drug-likeness (QED) is 0.401. The normalized spacial score (nSPS) is 15.0. The highest BCUT2D eigenvalue weighted by molar-refractivity contribution is 7.92. The van der Waals surface area contributed by atoms with Gasteiger partial charge in [0.25, 0.3) is 5.91 Å². The maximum Gasteiger partial charge on any atom is 0.255 e. The van der Waals surface area contributed by atoms with Crippen molar-refractivity contribution < 1.29 is 21.6 Å². The van der Waals surface area contributed by atoms with E-state index in [4.69, 9.17) is 11.6 Å². The molecule has 0 saturated carbocycles. The fourth-order valence-electron chi connectivity index (χ4n) is 4.31. The predicted molar refractivity (Wildman–Crippen MR) is 151 cm³/mol. The molecule has 1 fully saturated rings. The lowest BCUT2D eigenvalue weighted by Gasteiger charge is -2.23. The number of nitrogens with one attached hydrogen (secondary N) is 1. The fraction of sp³-hybridized carbons (Fsp3) is 0.296. The molecule has 0 aromatic heterocycles. The summed E-state index contributed by atoms with van der Waals surface area (Å²) in [6, 6.07) is 19.3. The second-order valence-corrected chi connectivity index (χ2v) is 13.5. The van der Waals surface area contributed by atoms with Gasteiger partial charge in [0.15, 0.2) is 0 Å². The smallest absolute Gasteiger partial charge is 0.255 e. The maximum absolute atomic E-state index is 13.0. The van der Waals surface area contributed by atoms with Crippen LogP contribution in [0, 0.1) is 0 Å². The van der Waals surface area contributed by atoms with E-state index in [0.717, 1.165) is 31.9 Å². The van der Waals surface area contributed by atoms with Gasteiger partial charge < -0.3 is 5.32 Å². The molecule has 8 nitrogen and oxygen atoms in total. The zero-order chi connectivity index (χ0) is 27.3. The van der Waals surface area contributed by atoms with Crippen LogP contribution >= 0.6 is 11.6 Å². The van der Waals surface area contributed by atoms with Crippen LogP contribution in [-0.4, -0.2) is 46.4 Å². The minimum Gasteiger partial charge on any atom is -0.322 e. The first-order chi connectivity index (χ1) is 18.1. The zero-order valence-electron chi connectivity index (χ0n) is 21.0. The Kier molecular flexibility index (Phi) is 8.77. The lowest BCUT2D eigenvalue weighted by Crippen LogP contribution is -2.31. The van der Waals surface area contributed by atoms with Gasteiger partial charge in [-0.25, -0.2) is 16.8 Å². The van der Waals surface area contributed by atoms with E-state index < -0.39 is 26.0 Å². The van der Waals surface area contributed by atoms with Crippen molar-refractivity contribution in [1.29, 1.82) is 0 Å². The number of hydrogen-bond donors (Lipinski definition) is 1. The van der Waals surface area contributed by atoms with E-state index in [2.05, 4.69) is 5.32 Å². The van der Waals surface area contributed by atoms with E-state index in [1.165, 1.54) is 32.9 Å². The number of benzene rings is 3. The van der Waals surface area contributed by atoms with E-state index in [1.807, 2.05) is 0 Å². The molecule has 202 valence electrons. The third-order valence-electron chi connectivity index (χ3n) is 6.40. The number of sulfonamides is 2. The second kappa shape index (κ2) is 11.9. The summed E-state index contributed by atoms with van der Waals surface area (Å²) in [5, 5.41) is 3.22. The van der Waals surface area contributed by atoms with Gasteiger partial charge in [-0.05, 0) is 73.0 Å². The van der Waals surface area contributed by atoms with Gasteiger partial charge in [0.05, 0.1) is 23.4 Å². The van der Waals surface area contributed by atoms with E-state index in [-0.39, 0.29) is 11.4 Å². The Labute approximate surface area is 229 Å². The first-order valence-electron chi connectivity index (χ1n) is 12.3. The number of nitrogens with zero attached hydrogens (tertiary/aromatic N) is 2.